The lowest BCUT2D eigenvalue weighted by atomic mass is 10.1. The number of hydrogen-bond acceptors (Lipinski definition) is 1. The molecule has 0 saturated heterocycles. The molecule has 0 fully saturated rings. The second-order valence-electron chi connectivity index (χ2n) is 3.17. The Balaban J connectivity index is 2.15. The van der Waals surface area contributed by atoms with Crippen molar-refractivity contribution in [1.29, 1.82) is 0 Å². The third-order valence-electron chi connectivity index (χ3n) is 2.04. The molecule has 0 atom stereocenters. The van der Waals surface area contributed by atoms with Crippen LogP contribution in [0.25, 0.3) is 12.2 Å². The van der Waals surface area contributed by atoms with E-state index in [9.17, 15) is 4.39 Å². The van der Waals surface area contributed by atoms with E-state index in [1.54, 1.807) is 24.5 Å². The molecule has 0 N–H and O–H groups in total. The number of pyridine rings is 1. The summed E-state index contributed by atoms with van der Waals surface area (Å²) in [5.74, 6) is -0.212. The maximum atomic E-state index is 12.6. The van der Waals surface area contributed by atoms with Gasteiger partial charge in [0.15, 0.2) is 0 Å². The van der Waals surface area contributed by atoms with Gasteiger partial charge in [-0.05, 0) is 35.4 Å². The van der Waals surface area contributed by atoms with Gasteiger partial charge in [0.1, 0.15) is 5.82 Å². The van der Waals surface area contributed by atoms with Gasteiger partial charge in [0, 0.05) is 12.4 Å². The predicted molar refractivity (Wildman–Crippen MR) is 59.6 cm³/mol. The van der Waals surface area contributed by atoms with Crippen LogP contribution in [0.1, 0.15) is 11.1 Å². The molecule has 0 amide bonds. The van der Waals surface area contributed by atoms with Crippen LogP contribution in [0.15, 0.2) is 48.8 Å². The standard InChI is InChI=1S/C13H10FN/c14-13-5-3-11(4-6-13)1-2-12-7-9-15-10-8-12/h1-10H/b2-1+. The van der Waals surface area contributed by atoms with E-state index in [4.69, 9.17) is 0 Å². The van der Waals surface area contributed by atoms with Crippen LogP contribution in [0, 0.1) is 5.82 Å². The van der Waals surface area contributed by atoms with E-state index in [1.165, 1.54) is 12.1 Å². The van der Waals surface area contributed by atoms with E-state index >= 15 is 0 Å². The molecule has 1 nitrogen and oxygen atoms in total. The number of aromatic nitrogens is 1. The molecule has 1 heterocycles. The molecule has 0 radical (unpaired) electrons. The number of rotatable bonds is 2. The Bertz CT molecular complexity index is 446. The Labute approximate surface area is 87.9 Å². The summed E-state index contributed by atoms with van der Waals surface area (Å²) in [7, 11) is 0. The summed E-state index contributed by atoms with van der Waals surface area (Å²) in [6.07, 6.45) is 7.39. The van der Waals surface area contributed by atoms with Gasteiger partial charge < -0.3 is 0 Å². The Morgan fingerprint density at radius 3 is 1.93 bits per heavy atom. The van der Waals surface area contributed by atoms with Gasteiger partial charge in [0.25, 0.3) is 0 Å². The highest BCUT2D eigenvalue weighted by atomic mass is 19.1. The van der Waals surface area contributed by atoms with E-state index in [1.807, 2.05) is 24.3 Å². The molecule has 0 aliphatic rings. The molecule has 0 unspecified atom stereocenters. The Hall–Kier alpha value is -1.96. The number of hydrogen-bond donors (Lipinski definition) is 0. The molecule has 2 rings (SSSR count). The minimum Gasteiger partial charge on any atom is -0.265 e. The highest BCUT2D eigenvalue weighted by molar-refractivity contribution is 5.69. The summed E-state index contributed by atoms with van der Waals surface area (Å²) in [6, 6.07) is 10.2. The number of benzene rings is 1. The zero-order valence-electron chi connectivity index (χ0n) is 8.10. The van der Waals surface area contributed by atoms with Crippen molar-refractivity contribution in [2.45, 2.75) is 0 Å². The lowest BCUT2D eigenvalue weighted by Crippen LogP contribution is -1.75. The van der Waals surface area contributed by atoms with E-state index in [0.717, 1.165) is 11.1 Å². The van der Waals surface area contributed by atoms with Crippen molar-refractivity contribution in [3.63, 3.8) is 0 Å². The normalized spacial score (nSPS) is 10.7. The minimum absolute atomic E-state index is 0.212. The molecule has 0 saturated carbocycles. The van der Waals surface area contributed by atoms with Crippen molar-refractivity contribution in [3.8, 4) is 0 Å². The third kappa shape index (κ3) is 2.74. The molecular weight excluding hydrogens is 189 g/mol. The molecule has 1 aromatic carbocycles. The van der Waals surface area contributed by atoms with Crippen LogP contribution in [-0.4, -0.2) is 4.98 Å². The minimum atomic E-state index is -0.212. The molecule has 74 valence electrons. The van der Waals surface area contributed by atoms with Gasteiger partial charge in [0.05, 0.1) is 0 Å². The fourth-order valence-electron chi connectivity index (χ4n) is 1.24. The Kier molecular flexibility index (Phi) is 2.88. The van der Waals surface area contributed by atoms with E-state index in [-0.39, 0.29) is 5.82 Å². The lowest BCUT2D eigenvalue weighted by Gasteiger charge is -1.93. The van der Waals surface area contributed by atoms with Gasteiger partial charge in [0.2, 0.25) is 0 Å². The summed E-state index contributed by atoms with van der Waals surface area (Å²) < 4.78 is 12.6. The third-order valence-corrected chi connectivity index (χ3v) is 2.04. The van der Waals surface area contributed by atoms with Crippen LogP contribution >= 0.6 is 0 Å². The first kappa shape index (κ1) is 9.59. The summed E-state index contributed by atoms with van der Waals surface area (Å²) in [5, 5.41) is 0. The fourth-order valence-corrected chi connectivity index (χ4v) is 1.24. The van der Waals surface area contributed by atoms with Crippen molar-refractivity contribution in [3.05, 3.63) is 65.7 Å². The van der Waals surface area contributed by atoms with Gasteiger partial charge in [-0.2, -0.15) is 0 Å². The van der Waals surface area contributed by atoms with Crippen molar-refractivity contribution in [1.82, 2.24) is 4.98 Å². The topological polar surface area (TPSA) is 12.9 Å². The van der Waals surface area contributed by atoms with Gasteiger partial charge in [-0.25, -0.2) is 4.39 Å². The fraction of sp³-hybridized carbons (Fsp3) is 0. The van der Waals surface area contributed by atoms with Gasteiger partial charge in [-0.1, -0.05) is 24.3 Å². The van der Waals surface area contributed by atoms with E-state index in [0.29, 0.717) is 0 Å². The maximum absolute atomic E-state index is 12.6. The molecule has 0 aliphatic heterocycles. The summed E-state index contributed by atoms with van der Waals surface area (Å²) in [6.45, 7) is 0. The molecule has 2 aromatic rings. The number of halogens is 1. The quantitative estimate of drug-likeness (QED) is 0.722. The first-order valence-corrected chi connectivity index (χ1v) is 4.68. The van der Waals surface area contributed by atoms with Crippen LogP contribution in [0.5, 0.6) is 0 Å². The molecule has 15 heavy (non-hydrogen) atoms. The average molecular weight is 199 g/mol. The van der Waals surface area contributed by atoms with Crippen LogP contribution in [0.2, 0.25) is 0 Å². The maximum Gasteiger partial charge on any atom is 0.123 e. The smallest absolute Gasteiger partial charge is 0.123 e. The Morgan fingerprint density at radius 1 is 0.800 bits per heavy atom. The Morgan fingerprint density at radius 2 is 1.33 bits per heavy atom. The monoisotopic (exact) mass is 199 g/mol. The van der Waals surface area contributed by atoms with Crippen LogP contribution < -0.4 is 0 Å². The van der Waals surface area contributed by atoms with E-state index in [2.05, 4.69) is 4.98 Å². The second kappa shape index (κ2) is 4.51. The van der Waals surface area contributed by atoms with Gasteiger partial charge in [-0.15, -0.1) is 0 Å². The second-order valence-corrected chi connectivity index (χ2v) is 3.17. The van der Waals surface area contributed by atoms with Gasteiger partial charge >= 0.3 is 0 Å². The zero-order valence-corrected chi connectivity index (χ0v) is 8.10. The molecule has 0 aliphatic carbocycles. The largest absolute Gasteiger partial charge is 0.265 e. The van der Waals surface area contributed by atoms with Crippen molar-refractivity contribution >= 4 is 12.2 Å². The first-order valence-electron chi connectivity index (χ1n) is 4.68. The van der Waals surface area contributed by atoms with Crippen LogP contribution in [0.3, 0.4) is 0 Å². The molecule has 0 bridgehead atoms. The number of nitrogens with zero attached hydrogens (tertiary/aromatic N) is 1. The lowest BCUT2D eigenvalue weighted by molar-refractivity contribution is 0.628. The van der Waals surface area contributed by atoms with Crippen molar-refractivity contribution in [2.24, 2.45) is 0 Å². The predicted octanol–water partition coefficient (Wildman–Crippen LogP) is 3.39. The highest BCUT2D eigenvalue weighted by Crippen LogP contribution is 2.08. The van der Waals surface area contributed by atoms with Crippen LogP contribution in [0.4, 0.5) is 4.39 Å². The van der Waals surface area contributed by atoms with Crippen LogP contribution in [-0.2, 0) is 0 Å². The molecule has 2 heteroatoms. The summed E-state index contributed by atoms with van der Waals surface area (Å²) in [4.78, 5) is 3.93. The zero-order chi connectivity index (χ0) is 10.5. The summed E-state index contributed by atoms with van der Waals surface area (Å²) >= 11 is 0. The molecular formula is C13H10FN. The molecule has 0 spiro atoms. The molecule has 1 aromatic heterocycles. The average Bonchev–Trinajstić information content (AvgIpc) is 2.30. The highest BCUT2D eigenvalue weighted by Gasteiger charge is 1.89. The van der Waals surface area contributed by atoms with Gasteiger partial charge in [-0.3, -0.25) is 4.98 Å². The first-order chi connectivity index (χ1) is 7.34. The van der Waals surface area contributed by atoms with E-state index < -0.39 is 0 Å². The van der Waals surface area contributed by atoms with Crippen molar-refractivity contribution in [2.75, 3.05) is 0 Å². The SMILES string of the molecule is Fc1ccc(/C=C/c2ccncc2)cc1. The van der Waals surface area contributed by atoms with Crippen molar-refractivity contribution < 1.29 is 4.39 Å². The summed E-state index contributed by atoms with van der Waals surface area (Å²) in [5.41, 5.74) is 2.06.